The topological polar surface area (TPSA) is 129 Å². The predicted octanol–water partition coefficient (Wildman–Crippen LogP) is 2.71. The Morgan fingerprint density at radius 3 is 2.31 bits per heavy atom. The fourth-order valence-corrected chi connectivity index (χ4v) is 3.77. The normalized spacial score (nSPS) is 11.0. The molecule has 0 saturated carbocycles. The van der Waals surface area contributed by atoms with Gasteiger partial charge in [0, 0.05) is 5.56 Å². The van der Waals surface area contributed by atoms with Crippen molar-refractivity contribution in [3.05, 3.63) is 65.2 Å². The first-order chi connectivity index (χ1) is 17.6. The number of methoxy groups -OCH3 is 4. The number of benzene rings is 2. The van der Waals surface area contributed by atoms with Crippen LogP contribution in [0.3, 0.4) is 0 Å². The average Bonchev–Trinajstić information content (AvgIpc) is 3.57. The number of hydrogen-bond donors (Lipinski definition) is 0. The van der Waals surface area contributed by atoms with E-state index in [9.17, 15) is 4.79 Å². The molecule has 0 aliphatic heterocycles. The van der Waals surface area contributed by atoms with E-state index in [4.69, 9.17) is 23.5 Å². The molecule has 2 aromatic carbocycles. The molecule has 3 aromatic heterocycles. The molecule has 0 unspecified atom stereocenters. The van der Waals surface area contributed by atoms with Crippen molar-refractivity contribution >= 4 is 11.0 Å². The molecule has 0 N–H and O–H groups in total. The van der Waals surface area contributed by atoms with Crippen molar-refractivity contribution in [3.63, 3.8) is 0 Å². The fraction of sp³-hybridized carbons (Fsp3) is 0.208. The lowest BCUT2D eigenvalue weighted by atomic mass is 10.1. The van der Waals surface area contributed by atoms with Crippen LogP contribution in [0.15, 0.2) is 58.2 Å². The molecule has 12 heteroatoms. The van der Waals surface area contributed by atoms with Gasteiger partial charge in [0.25, 0.3) is 5.56 Å². The van der Waals surface area contributed by atoms with E-state index in [1.807, 2.05) is 24.3 Å². The van der Waals surface area contributed by atoms with Crippen molar-refractivity contribution in [3.8, 4) is 40.1 Å². The van der Waals surface area contributed by atoms with E-state index in [1.54, 1.807) is 23.9 Å². The van der Waals surface area contributed by atoms with E-state index < -0.39 is 0 Å². The van der Waals surface area contributed by atoms with Gasteiger partial charge in [-0.05, 0) is 36.4 Å². The van der Waals surface area contributed by atoms with Gasteiger partial charge in [-0.3, -0.25) is 9.36 Å². The Kier molecular flexibility index (Phi) is 5.98. The number of aromatic nitrogens is 6. The van der Waals surface area contributed by atoms with E-state index in [-0.39, 0.29) is 18.0 Å². The molecular formula is C24H22N6O6. The minimum absolute atomic E-state index is 0.0346. The number of ether oxygens (including phenoxy) is 4. The van der Waals surface area contributed by atoms with Gasteiger partial charge >= 0.3 is 0 Å². The molecule has 0 aliphatic rings. The minimum atomic E-state index is -0.285. The molecule has 0 amide bonds. The third-order valence-corrected chi connectivity index (χ3v) is 5.57. The van der Waals surface area contributed by atoms with Crippen molar-refractivity contribution < 1.29 is 23.5 Å². The molecule has 12 nitrogen and oxygen atoms in total. The van der Waals surface area contributed by atoms with Gasteiger partial charge in [-0.2, -0.15) is 10.1 Å². The van der Waals surface area contributed by atoms with E-state index >= 15 is 0 Å². The molecule has 184 valence electrons. The summed E-state index contributed by atoms with van der Waals surface area (Å²) in [6.07, 6.45) is 2.91. The standard InChI is InChI=1S/C24H22N6O6/c1-32-16-7-5-15(6-8-16)30-23-17(11-26-30)24(31)29(13-25-23)12-20-27-22(28-36-20)14-9-18(33-2)21(35-4)19(10-14)34-3/h5-11,13H,12H2,1-4H3. The number of hydrogen-bond acceptors (Lipinski definition) is 10. The second kappa shape index (κ2) is 9.41. The van der Waals surface area contributed by atoms with Crippen LogP contribution in [0.25, 0.3) is 28.1 Å². The van der Waals surface area contributed by atoms with Gasteiger partial charge in [0.15, 0.2) is 17.1 Å². The first-order valence-corrected chi connectivity index (χ1v) is 10.8. The van der Waals surface area contributed by atoms with Crippen LogP contribution >= 0.6 is 0 Å². The summed E-state index contributed by atoms with van der Waals surface area (Å²) in [5, 5.41) is 8.73. The zero-order valence-electron chi connectivity index (χ0n) is 20.0. The van der Waals surface area contributed by atoms with Gasteiger partial charge in [0.1, 0.15) is 24.0 Å². The first-order valence-electron chi connectivity index (χ1n) is 10.8. The largest absolute Gasteiger partial charge is 0.497 e. The van der Waals surface area contributed by atoms with Crippen molar-refractivity contribution in [1.82, 2.24) is 29.5 Å². The quantitative estimate of drug-likeness (QED) is 0.320. The molecule has 0 aliphatic carbocycles. The molecule has 36 heavy (non-hydrogen) atoms. The van der Waals surface area contributed by atoms with Crippen LogP contribution in [0.2, 0.25) is 0 Å². The maximum absolute atomic E-state index is 13.1. The molecule has 0 fully saturated rings. The average molecular weight is 490 g/mol. The zero-order chi connectivity index (χ0) is 25.2. The van der Waals surface area contributed by atoms with Crippen LogP contribution in [0.4, 0.5) is 0 Å². The lowest BCUT2D eigenvalue weighted by Gasteiger charge is -2.12. The maximum Gasteiger partial charge on any atom is 0.264 e. The number of rotatable bonds is 8. The second-order valence-electron chi connectivity index (χ2n) is 7.60. The lowest BCUT2D eigenvalue weighted by Crippen LogP contribution is -2.21. The molecule has 0 spiro atoms. The summed E-state index contributed by atoms with van der Waals surface area (Å²) in [5.41, 5.74) is 1.50. The molecule has 0 bridgehead atoms. The van der Waals surface area contributed by atoms with Crippen molar-refractivity contribution in [1.29, 1.82) is 0 Å². The van der Waals surface area contributed by atoms with Crippen molar-refractivity contribution in [2.75, 3.05) is 28.4 Å². The van der Waals surface area contributed by atoms with E-state index in [1.165, 1.54) is 38.4 Å². The monoisotopic (exact) mass is 490 g/mol. The molecule has 3 heterocycles. The van der Waals surface area contributed by atoms with Crippen molar-refractivity contribution in [2.24, 2.45) is 0 Å². The van der Waals surface area contributed by atoms with E-state index in [0.717, 1.165) is 11.4 Å². The van der Waals surface area contributed by atoms with Gasteiger partial charge in [0.2, 0.25) is 17.5 Å². The third-order valence-electron chi connectivity index (χ3n) is 5.57. The smallest absolute Gasteiger partial charge is 0.264 e. The lowest BCUT2D eigenvalue weighted by molar-refractivity contribution is 0.324. The molecule has 5 rings (SSSR count). The summed E-state index contributed by atoms with van der Waals surface area (Å²) in [7, 11) is 6.17. The van der Waals surface area contributed by atoms with Crippen molar-refractivity contribution in [2.45, 2.75) is 6.54 Å². The van der Waals surface area contributed by atoms with Crippen LogP contribution < -0.4 is 24.5 Å². The third kappa shape index (κ3) is 3.98. The Balaban J connectivity index is 1.44. The first kappa shape index (κ1) is 22.9. The second-order valence-corrected chi connectivity index (χ2v) is 7.60. The predicted molar refractivity (Wildman–Crippen MR) is 128 cm³/mol. The van der Waals surface area contributed by atoms with Gasteiger partial charge < -0.3 is 23.5 Å². The summed E-state index contributed by atoms with van der Waals surface area (Å²) >= 11 is 0. The highest BCUT2D eigenvalue weighted by Crippen LogP contribution is 2.40. The Hall–Kier alpha value is -4.87. The van der Waals surface area contributed by atoms with Crippen LogP contribution in [-0.2, 0) is 6.54 Å². The minimum Gasteiger partial charge on any atom is -0.497 e. The SMILES string of the molecule is COc1ccc(-n2ncc3c(=O)n(Cc4nc(-c5cc(OC)c(OC)c(OC)c5)no4)cnc32)cc1. The van der Waals surface area contributed by atoms with Crippen LogP contribution in [0.5, 0.6) is 23.0 Å². The maximum atomic E-state index is 13.1. The Labute approximate surface area is 204 Å². The van der Waals surface area contributed by atoms with Crippen LogP contribution in [0, 0.1) is 0 Å². The van der Waals surface area contributed by atoms with E-state index in [0.29, 0.717) is 39.7 Å². The molecule has 0 radical (unpaired) electrons. The van der Waals surface area contributed by atoms with Gasteiger partial charge in [-0.15, -0.1) is 0 Å². The number of nitrogens with zero attached hydrogens (tertiary/aromatic N) is 6. The summed E-state index contributed by atoms with van der Waals surface area (Å²) in [5.74, 6) is 2.61. The molecule has 0 atom stereocenters. The summed E-state index contributed by atoms with van der Waals surface area (Å²) in [6.45, 7) is 0.0346. The summed E-state index contributed by atoms with van der Waals surface area (Å²) in [4.78, 5) is 22.0. The Morgan fingerprint density at radius 2 is 1.67 bits per heavy atom. The highest BCUT2D eigenvalue weighted by atomic mass is 16.5. The fourth-order valence-electron chi connectivity index (χ4n) is 3.77. The highest BCUT2D eigenvalue weighted by molar-refractivity contribution is 5.75. The van der Waals surface area contributed by atoms with E-state index in [2.05, 4.69) is 20.2 Å². The summed E-state index contributed by atoms with van der Waals surface area (Å²) in [6, 6.07) is 10.7. The molecule has 0 saturated heterocycles. The molecular weight excluding hydrogens is 468 g/mol. The van der Waals surface area contributed by atoms with Gasteiger partial charge in [-0.1, -0.05) is 5.16 Å². The van der Waals surface area contributed by atoms with Crippen LogP contribution in [-0.4, -0.2) is 57.9 Å². The Bertz CT molecular complexity index is 1560. The molecule has 5 aromatic rings. The van der Waals surface area contributed by atoms with Gasteiger partial charge in [0.05, 0.1) is 40.3 Å². The van der Waals surface area contributed by atoms with Gasteiger partial charge in [-0.25, -0.2) is 9.67 Å². The Morgan fingerprint density at radius 1 is 0.944 bits per heavy atom. The highest BCUT2D eigenvalue weighted by Gasteiger charge is 2.18. The summed E-state index contributed by atoms with van der Waals surface area (Å²) < 4.78 is 29.7. The van der Waals surface area contributed by atoms with Crippen LogP contribution in [0.1, 0.15) is 5.89 Å². The zero-order valence-corrected chi connectivity index (χ0v) is 20.0. The number of fused-ring (bicyclic) bond motifs is 1.